The standard InChI is InChI=1S/C20H19F3N2O4/c1-25(12-17(26)24-15-7-4-6-14(21)11-15)18(27)10-9-13-5-3-8-16(28-2)19(13)29-20(22)23/h3-11,20H,12H2,1-2H3,(H,24,26)/b10-9+. The summed E-state index contributed by atoms with van der Waals surface area (Å²) < 4.78 is 47.9. The Kier molecular flexibility index (Phi) is 7.64. The molecule has 0 aliphatic rings. The van der Waals surface area contributed by atoms with Crippen LogP contribution in [0.4, 0.5) is 18.9 Å². The molecule has 0 aliphatic carbocycles. The van der Waals surface area contributed by atoms with Gasteiger partial charge in [-0.15, -0.1) is 0 Å². The second-order valence-electron chi connectivity index (χ2n) is 5.84. The van der Waals surface area contributed by atoms with E-state index in [1.54, 1.807) is 6.07 Å². The van der Waals surface area contributed by atoms with Gasteiger partial charge in [0.2, 0.25) is 11.8 Å². The van der Waals surface area contributed by atoms with Crippen molar-refractivity contribution in [2.45, 2.75) is 6.61 Å². The van der Waals surface area contributed by atoms with Crippen LogP contribution in [0.3, 0.4) is 0 Å². The second kappa shape index (κ2) is 10.2. The first kappa shape index (κ1) is 21.8. The van der Waals surface area contributed by atoms with E-state index in [9.17, 15) is 22.8 Å². The SMILES string of the molecule is COc1cccc(/C=C/C(=O)N(C)CC(=O)Nc2cccc(F)c2)c1OC(F)F. The minimum absolute atomic E-state index is 0.0859. The summed E-state index contributed by atoms with van der Waals surface area (Å²) in [5.41, 5.74) is 0.465. The van der Waals surface area contributed by atoms with Crippen LogP contribution in [0.1, 0.15) is 5.56 Å². The molecule has 0 fully saturated rings. The van der Waals surface area contributed by atoms with Crippen LogP contribution in [-0.4, -0.2) is 44.0 Å². The third-order valence-corrected chi connectivity index (χ3v) is 3.71. The molecule has 0 spiro atoms. The van der Waals surface area contributed by atoms with Gasteiger partial charge in [-0.3, -0.25) is 9.59 Å². The van der Waals surface area contributed by atoms with Crippen LogP contribution in [0, 0.1) is 5.82 Å². The summed E-state index contributed by atoms with van der Waals surface area (Å²) in [5.74, 6) is -1.70. The molecule has 154 valence electrons. The zero-order valence-electron chi connectivity index (χ0n) is 15.7. The summed E-state index contributed by atoms with van der Waals surface area (Å²) in [6.07, 6.45) is 2.39. The number of ether oxygens (including phenoxy) is 2. The van der Waals surface area contributed by atoms with Crippen LogP contribution in [0.5, 0.6) is 11.5 Å². The van der Waals surface area contributed by atoms with E-state index in [-0.39, 0.29) is 29.3 Å². The fourth-order valence-corrected chi connectivity index (χ4v) is 2.39. The van der Waals surface area contributed by atoms with Crippen LogP contribution in [-0.2, 0) is 9.59 Å². The van der Waals surface area contributed by atoms with Crippen molar-refractivity contribution in [3.63, 3.8) is 0 Å². The van der Waals surface area contributed by atoms with Crippen molar-refractivity contribution in [1.82, 2.24) is 4.90 Å². The molecule has 2 aromatic carbocycles. The van der Waals surface area contributed by atoms with Crippen molar-refractivity contribution in [1.29, 1.82) is 0 Å². The van der Waals surface area contributed by atoms with Crippen LogP contribution < -0.4 is 14.8 Å². The number of carbonyl (C=O) groups excluding carboxylic acids is 2. The molecule has 0 unspecified atom stereocenters. The van der Waals surface area contributed by atoms with Crippen molar-refractivity contribution in [2.75, 3.05) is 26.0 Å². The number of benzene rings is 2. The van der Waals surface area contributed by atoms with Gasteiger partial charge in [0.15, 0.2) is 11.5 Å². The van der Waals surface area contributed by atoms with E-state index in [0.29, 0.717) is 0 Å². The molecule has 9 heteroatoms. The van der Waals surface area contributed by atoms with Crippen molar-refractivity contribution in [3.05, 3.63) is 59.9 Å². The molecular weight excluding hydrogens is 389 g/mol. The third kappa shape index (κ3) is 6.56. The summed E-state index contributed by atoms with van der Waals surface area (Å²) in [6.45, 7) is -3.36. The van der Waals surface area contributed by atoms with E-state index >= 15 is 0 Å². The van der Waals surface area contributed by atoms with Gasteiger partial charge in [0.25, 0.3) is 0 Å². The number of carbonyl (C=O) groups is 2. The number of anilines is 1. The summed E-state index contributed by atoms with van der Waals surface area (Å²) in [7, 11) is 2.69. The van der Waals surface area contributed by atoms with E-state index in [1.807, 2.05) is 0 Å². The molecule has 6 nitrogen and oxygen atoms in total. The highest BCUT2D eigenvalue weighted by Crippen LogP contribution is 2.33. The van der Waals surface area contributed by atoms with Gasteiger partial charge in [-0.1, -0.05) is 18.2 Å². The number of likely N-dealkylation sites (N-methyl/N-ethyl adjacent to an activating group) is 1. The Balaban J connectivity index is 2.03. The quantitative estimate of drug-likeness (QED) is 0.679. The highest BCUT2D eigenvalue weighted by molar-refractivity contribution is 5.98. The minimum Gasteiger partial charge on any atom is -0.493 e. The Morgan fingerprint density at radius 1 is 1.21 bits per heavy atom. The number of halogens is 3. The third-order valence-electron chi connectivity index (χ3n) is 3.71. The van der Waals surface area contributed by atoms with E-state index in [2.05, 4.69) is 10.1 Å². The van der Waals surface area contributed by atoms with Gasteiger partial charge in [-0.2, -0.15) is 8.78 Å². The first-order chi connectivity index (χ1) is 13.8. The number of nitrogens with zero attached hydrogens (tertiary/aromatic N) is 1. The lowest BCUT2D eigenvalue weighted by molar-refractivity contribution is -0.129. The van der Waals surface area contributed by atoms with Crippen LogP contribution in [0.2, 0.25) is 0 Å². The zero-order valence-corrected chi connectivity index (χ0v) is 15.7. The molecule has 2 amide bonds. The Labute approximate surface area is 165 Å². The van der Waals surface area contributed by atoms with E-state index in [4.69, 9.17) is 4.74 Å². The lowest BCUT2D eigenvalue weighted by Crippen LogP contribution is -2.33. The van der Waals surface area contributed by atoms with Gasteiger partial charge < -0.3 is 19.7 Å². The molecule has 0 aliphatic heterocycles. The van der Waals surface area contributed by atoms with E-state index in [0.717, 1.165) is 17.0 Å². The monoisotopic (exact) mass is 408 g/mol. The topological polar surface area (TPSA) is 67.9 Å². The Morgan fingerprint density at radius 3 is 2.59 bits per heavy atom. The minimum atomic E-state index is -3.07. The van der Waals surface area contributed by atoms with Crippen LogP contribution in [0.25, 0.3) is 6.08 Å². The summed E-state index contributed by atoms with van der Waals surface area (Å²) >= 11 is 0. The summed E-state index contributed by atoms with van der Waals surface area (Å²) in [6, 6.07) is 9.80. The number of rotatable bonds is 8. The lowest BCUT2D eigenvalue weighted by Gasteiger charge is -2.15. The molecule has 1 N–H and O–H groups in total. The summed E-state index contributed by atoms with van der Waals surface area (Å²) in [4.78, 5) is 25.3. The molecule has 0 saturated carbocycles. The van der Waals surface area contributed by atoms with Crippen LogP contribution >= 0.6 is 0 Å². The molecule has 0 bridgehead atoms. The van der Waals surface area contributed by atoms with Gasteiger partial charge in [0, 0.05) is 24.4 Å². The molecule has 0 atom stereocenters. The molecule has 0 radical (unpaired) electrons. The zero-order chi connectivity index (χ0) is 21.4. The molecule has 0 saturated heterocycles. The molecule has 2 aromatic rings. The highest BCUT2D eigenvalue weighted by Gasteiger charge is 2.15. The van der Waals surface area contributed by atoms with Crippen molar-refractivity contribution < 1.29 is 32.2 Å². The average molecular weight is 408 g/mol. The fraction of sp³-hybridized carbons (Fsp3) is 0.200. The largest absolute Gasteiger partial charge is 0.493 e. The summed E-state index contributed by atoms with van der Waals surface area (Å²) in [5, 5.41) is 2.47. The number of para-hydroxylation sites is 1. The molecule has 0 aromatic heterocycles. The van der Waals surface area contributed by atoms with Crippen LogP contribution in [0.15, 0.2) is 48.5 Å². The maximum atomic E-state index is 13.1. The van der Waals surface area contributed by atoms with E-state index in [1.165, 1.54) is 50.6 Å². The number of hydrogen-bond donors (Lipinski definition) is 1. The highest BCUT2D eigenvalue weighted by atomic mass is 19.3. The fourth-order valence-electron chi connectivity index (χ4n) is 2.39. The Bertz CT molecular complexity index is 903. The van der Waals surface area contributed by atoms with Gasteiger partial charge >= 0.3 is 6.61 Å². The number of amides is 2. The Hall–Kier alpha value is -3.49. The predicted octanol–water partition coefficient (Wildman–Crippen LogP) is 3.55. The predicted molar refractivity (Wildman–Crippen MR) is 101 cm³/mol. The molecule has 2 rings (SSSR count). The molecular formula is C20H19F3N2O4. The maximum Gasteiger partial charge on any atom is 0.387 e. The Morgan fingerprint density at radius 2 is 1.93 bits per heavy atom. The molecule has 29 heavy (non-hydrogen) atoms. The van der Waals surface area contributed by atoms with Crippen molar-refractivity contribution in [2.24, 2.45) is 0 Å². The smallest absolute Gasteiger partial charge is 0.387 e. The van der Waals surface area contributed by atoms with Gasteiger partial charge in [-0.25, -0.2) is 4.39 Å². The lowest BCUT2D eigenvalue weighted by atomic mass is 10.1. The number of hydrogen-bond acceptors (Lipinski definition) is 4. The van der Waals surface area contributed by atoms with Crippen molar-refractivity contribution in [3.8, 4) is 11.5 Å². The van der Waals surface area contributed by atoms with Gasteiger partial charge in [-0.05, 0) is 30.3 Å². The van der Waals surface area contributed by atoms with Gasteiger partial charge in [0.1, 0.15) is 5.82 Å². The number of methoxy groups -OCH3 is 1. The first-order valence-corrected chi connectivity index (χ1v) is 8.40. The maximum absolute atomic E-state index is 13.1. The molecule has 0 heterocycles. The van der Waals surface area contributed by atoms with Crippen molar-refractivity contribution >= 4 is 23.6 Å². The second-order valence-corrected chi connectivity index (χ2v) is 5.84. The van der Waals surface area contributed by atoms with E-state index < -0.39 is 24.2 Å². The average Bonchev–Trinajstić information content (AvgIpc) is 2.66. The first-order valence-electron chi connectivity index (χ1n) is 8.40. The number of nitrogens with one attached hydrogen (secondary N) is 1. The van der Waals surface area contributed by atoms with Gasteiger partial charge in [0.05, 0.1) is 13.7 Å². The number of alkyl halides is 2. The normalized spacial score (nSPS) is 10.8.